The van der Waals surface area contributed by atoms with Crippen LogP contribution >= 0.6 is 15.9 Å². The second kappa shape index (κ2) is 5.81. The smallest absolute Gasteiger partial charge is 0.257 e. The normalized spacial score (nSPS) is 14.3. The van der Waals surface area contributed by atoms with Crippen molar-refractivity contribution in [2.45, 2.75) is 19.4 Å². The molecule has 2 rings (SSSR count). The Hall–Kier alpha value is -1.24. The molecule has 0 aliphatic carbocycles. The van der Waals surface area contributed by atoms with Gasteiger partial charge >= 0.3 is 0 Å². The minimum atomic E-state index is -0.757. The van der Waals surface area contributed by atoms with Crippen molar-refractivity contribution in [3.05, 3.63) is 34.6 Å². The van der Waals surface area contributed by atoms with Crippen LogP contribution in [0.4, 0.5) is 0 Å². The highest BCUT2D eigenvalue weighted by atomic mass is 79.9. The number of ether oxygens (including phenoxy) is 1. The van der Waals surface area contributed by atoms with E-state index in [1.54, 1.807) is 0 Å². The zero-order valence-electron chi connectivity index (χ0n) is 10.9. The van der Waals surface area contributed by atoms with Crippen LogP contribution in [0.1, 0.15) is 19.7 Å². The molecule has 1 atom stereocenters. The molecule has 0 aliphatic rings. The fourth-order valence-electron chi connectivity index (χ4n) is 1.54. The van der Waals surface area contributed by atoms with Crippen molar-refractivity contribution in [1.29, 1.82) is 0 Å². The Morgan fingerprint density at radius 1 is 1.37 bits per heavy atom. The van der Waals surface area contributed by atoms with Crippen LogP contribution in [0.5, 0.6) is 0 Å². The number of halogens is 1. The van der Waals surface area contributed by atoms with E-state index in [2.05, 4.69) is 26.1 Å². The third-order valence-corrected chi connectivity index (χ3v) is 3.16. The standard InChI is InChI=1S/C13H16BrN3O2/c1-3-18-8-13(2,15)12-16-11(19-17-12)9-4-6-10(14)7-5-9/h4-7H,3,8,15H2,1-2H3. The molecule has 6 heteroatoms. The molecular weight excluding hydrogens is 310 g/mol. The molecule has 0 aliphatic heterocycles. The largest absolute Gasteiger partial charge is 0.379 e. The zero-order chi connectivity index (χ0) is 13.9. The van der Waals surface area contributed by atoms with Crippen molar-refractivity contribution in [2.24, 2.45) is 5.73 Å². The Morgan fingerprint density at radius 2 is 2.05 bits per heavy atom. The van der Waals surface area contributed by atoms with Gasteiger partial charge in [-0.3, -0.25) is 0 Å². The lowest BCUT2D eigenvalue weighted by atomic mass is 10.1. The maximum atomic E-state index is 6.12. The van der Waals surface area contributed by atoms with Gasteiger partial charge in [0.1, 0.15) is 5.54 Å². The minimum Gasteiger partial charge on any atom is -0.379 e. The number of nitrogens with zero attached hydrogens (tertiary/aromatic N) is 2. The van der Waals surface area contributed by atoms with Crippen LogP contribution in [0, 0.1) is 0 Å². The topological polar surface area (TPSA) is 74.2 Å². The van der Waals surface area contributed by atoms with Gasteiger partial charge < -0.3 is 15.0 Å². The van der Waals surface area contributed by atoms with Crippen molar-refractivity contribution in [3.8, 4) is 11.5 Å². The molecule has 1 aromatic heterocycles. The van der Waals surface area contributed by atoms with Crippen LogP contribution in [0.3, 0.4) is 0 Å². The van der Waals surface area contributed by atoms with Gasteiger partial charge in [-0.05, 0) is 38.1 Å². The Kier molecular flexibility index (Phi) is 4.34. The Morgan fingerprint density at radius 3 is 2.68 bits per heavy atom. The molecule has 0 saturated heterocycles. The van der Waals surface area contributed by atoms with E-state index in [1.807, 2.05) is 38.1 Å². The predicted octanol–water partition coefficient (Wildman–Crippen LogP) is 2.71. The third-order valence-electron chi connectivity index (χ3n) is 2.63. The summed E-state index contributed by atoms with van der Waals surface area (Å²) in [4.78, 5) is 4.34. The summed E-state index contributed by atoms with van der Waals surface area (Å²) in [5.74, 6) is 0.898. The number of rotatable bonds is 5. The molecule has 102 valence electrons. The van der Waals surface area contributed by atoms with Crippen molar-refractivity contribution in [1.82, 2.24) is 10.1 Å². The Balaban J connectivity index is 2.21. The first-order chi connectivity index (χ1) is 9.03. The van der Waals surface area contributed by atoms with Gasteiger partial charge in [0.15, 0.2) is 5.82 Å². The van der Waals surface area contributed by atoms with Crippen molar-refractivity contribution in [3.63, 3.8) is 0 Å². The molecule has 0 fully saturated rings. The molecule has 0 amide bonds. The summed E-state index contributed by atoms with van der Waals surface area (Å²) in [7, 11) is 0. The van der Waals surface area contributed by atoms with Crippen molar-refractivity contribution in [2.75, 3.05) is 13.2 Å². The van der Waals surface area contributed by atoms with Gasteiger partial charge in [0.2, 0.25) is 0 Å². The lowest BCUT2D eigenvalue weighted by Gasteiger charge is -2.19. The highest BCUT2D eigenvalue weighted by Crippen LogP contribution is 2.23. The first-order valence-corrected chi connectivity index (χ1v) is 6.79. The molecule has 2 aromatic rings. The van der Waals surface area contributed by atoms with E-state index in [1.165, 1.54) is 0 Å². The van der Waals surface area contributed by atoms with Crippen LogP contribution in [0.25, 0.3) is 11.5 Å². The van der Waals surface area contributed by atoms with E-state index in [-0.39, 0.29) is 0 Å². The highest BCUT2D eigenvalue weighted by Gasteiger charge is 2.28. The lowest BCUT2D eigenvalue weighted by molar-refractivity contribution is 0.0962. The summed E-state index contributed by atoms with van der Waals surface area (Å²) in [6.07, 6.45) is 0. The molecule has 19 heavy (non-hydrogen) atoms. The molecule has 1 aromatic carbocycles. The summed E-state index contributed by atoms with van der Waals surface area (Å²) >= 11 is 3.38. The average Bonchev–Trinajstić information content (AvgIpc) is 2.88. The number of aromatic nitrogens is 2. The third kappa shape index (κ3) is 3.40. The minimum absolute atomic E-state index is 0.350. The van der Waals surface area contributed by atoms with Gasteiger partial charge in [-0.1, -0.05) is 21.1 Å². The fourth-order valence-corrected chi connectivity index (χ4v) is 1.81. The van der Waals surface area contributed by atoms with Gasteiger partial charge in [-0.15, -0.1) is 0 Å². The van der Waals surface area contributed by atoms with Gasteiger partial charge in [0.05, 0.1) is 6.61 Å². The Labute approximate surface area is 120 Å². The fraction of sp³-hybridized carbons (Fsp3) is 0.385. The number of hydrogen-bond donors (Lipinski definition) is 1. The van der Waals surface area contributed by atoms with Crippen LogP contribution < -0.4 is 5.73 Å². The molecule has 1 unspecified atom stereocenters. The van der Waals surface area contributed by atoms with E-state index in [4.69, 9.17) is 15.0 Å². The summed E-state index contributed by atoms with van der Waals surface area (Å²) in [6, 6.07) is 7.64. The van der Waals surface area contributed by atoms with E-state index in [0.29, 0.717) is 24.9 Å². The highest BCUT2D eigenvalue weighted by molar-refractivity contribution is 9.10. The van der Waals surface area contributed by atoms with Crippen LogP contribution in [0.2, 0.25) is 0 Å². The molecule has 1 heterocycles. The van der Waals surface area contributed by atoms with Crippen LogP contribution in [0.15, 0.2) is 33.3 Å². The SMILES string of the molecule is CCOCC(C)(N)c1noc(-c2ccc(Br)cc2)n1. The summed E-state index contributed by atoms with van der Waals surface area (Å²) < 4.78 is 11.6. The van der Waals surface area contributed by atoms with Crippen molar-refractivity contribution < 1.29 is 9.26 Å². The van der Waals surface area contributed by atoms with E-state index >= 15 is 0 Å². The van der Waals surface area contributed by atoms with Gasteiger partial charge in [-0.2, -0.15) is 4.98 Å². The molecule has 0 spiro atoms. The quantitative estimate of drug-likeness (QED) is 0.914. The molecule has 2 N–H and O–H groups in total. The van der Waals surface area contributed by atoms with Crippen LogP contribution in [-0.2, 0) is 10.3 Å². The van der Waals surface area contributed by atoms with Gasteiger partial charge in [-0.25, -0.2) is 0 Å². The molecule has 0 bridgehead atoms. The van der Waals surface area contributed by atoms with Crippen LogP contribution in [-0.4, -0.2) is 23.4 Å². The molecule has 0 radical (unpaired) electrons. The van der Waals surface area contributed by atoms with Crippen molar-refractivity contribution >= 4 is 15.9 Å². The lowest BCUT2D eigenvalue weighted by Crippen LogP contribution is -2.39. The zero-order valence-corrected chi connectivity index (χ0v) is 12.5. The second-order valence-electron chi connectivity index (χ2n) is 4.48. The second-order valence-corrected chi connectivity index (χ2v) is 5.40. The Bertz CT molecular complexity index is 537. The number of hydrogen-bond acceptors (Lipinski definition) is 5. The maximum absolute atomic E-state index is 6.12. The molecular formula is C13H16BrN3O2. The number of benzene rings is 1. The van der Waals surface area contributed by atoms with E-state index in [9.17, 15) is 0 Å². The average molecular weight is 326 g/mol. The van der Waals surface area contributed by atoms with E-state index < -0.39 is 5.54 Å². The molecule has 5 nitrogen and oxygen atoms in total. The summed E-state index contributed by atoms with van der Waals surface area (Å²) in [5.41, 5.74) is 6.22. The summed E-state index contributed by atoms with van der Waals surface area (Å²) in [5, 5.41) is 3.94. The van der Waals surface area contributed by atoms with Gasteiger partial charge in [0, 0.05) is 16.6 Å². The monoisotopic (exact) mass is 325 g/mol. The van der Waals surface area contributed by atoms with E-state index in [0.717, 1.165) is 10.0 Å². The van der Waals surface area contributed by atoms with Gasteiger partial charge in [0.25, 0.3) is 5.89 Å². The first-order valence-electron chi connectivity index (χ1n) is 5.99. The molecule has 0 saturated carbocycles. The maximum Gasteiger partial charge on any atom is 0.257 e. The number of nitrogens with two attached hydrogens (primary N) is 1. The summed E-state index contributed by atoms with van der Waals surface area (Å²) in [6.45, 7) is 4.69. The first kappa shape index (κ1) is 14.2. The predicted molar refractivity (Wildman–Crippen MR) is 75.5 cm³/mol.